The van der Waals surface area contributed by atoms with Crippen LogP contribution in [0.15, 0.2) is 101 Å². The van der Waals surface area contributed by atoms with Crippen LogP contribution in [0.3, 0.4) is 0 Å². The minimum Gasteiger partial charge on any atom is -0.490 e. The summed E-state index contributed by atoms with van der Waals surface area (Å²) in [5.41, 5.74) is 7.40. The molecule has 5 aromatic rings. The van der Waals surface area contributed by atoms with E-state index in [1.54, 1.807) is 48.5 Å². The number of benzene rings is 3. The quantitative estimate of drug-likeness (QED) is 0.113. The number of carbonyl (C=O) groups is 2. The van der Waals surface area contributed by atoms with Crippen LogP contribution in [0.25, 0.3) is 5.69 Å². The van der Waals surface area contributed by atoms with E-state index in [4.69, 9.17) is 18.6 Å². The van der Waals surface area contributed by atoms with E-state index in [0.29, 0.717) is 40.7 Å². The van der Waals surface area contributed by atoms with Gasteiger partial charge in [0.25, 0.3) is 0 Å². The van der Waals surface area contributed by atoms with Gasteiger partial charge in [0.15, 0.2) is 17.3 Å². The Balaban J connectivity index is 1.14. The van der Waals surface area contributed by atoms with E-state index in [9.17, 15) is 14.7 Å². The van der Waals surface area contributed by atoms with Gasteiger partial charge in [-0.25, -0.2) is 10.2 Å². The number of amides is 1. The lowest BCUT2D eigenvalue weighted by Crippen LogP contribution is -2.16. The van der Waals surface area contributed by atoms with E-state index < -0.39 is 11.9 Å². The van der Waals surface area contributed by atoms with Crippen LogP contribution in [0.4, 0.5) is 0 Å². The van der Waals surface area contributed by atoms with Gasteiger partial charge in [-0.3, -0.25) is 4.79 Å². The molecule has 2 aromatic heterocycles. The van der Waals surface area contributed by atoms with E-state index in [0.717, 1.165) is 17.1 Å². The summed E-state index contributed by atoms with van der Waals surface area (Å²) in [4.78, 5) is 23.8. The van der Waals surface area contributed by atoms with Crippen LogP contribution < -0.4 is 19.6 Å². The summed E-state index contributed by atoms with van der Waals surface area (Å²) >= 11 is 0. The van der Waals surface area contributed by atoms with Crippen LogP contribution in [0.5, 0.6) is 17.2 Å². The first-order valence-electron chi connectivity index (χ1n) is 14.3. The Morgan fingerprint density at radius 2 is 1.64 bits per heavy atom. The van der Waals surface area contributed by atoms with Crippen molar-refractivity contribution in [2.24, 2.45) is 5.10 Å². The predicted molar refractivity (Wildman–Crippen MR) is 169 cm³/mol. The molecule has 0 saturated heterocycles. The number of nitrogens with zero attached hydrogens (tertiary/aromatic N) is 2. The second kappa shape index (κ2) is 14.1. The van der Waals surface area contributed by atoms with Gasteiger partial charge in [-0.15, -0.1) is 0 Å². The van der Waals surface area contributed by atoms with Crippen molar-refractivity contribution < 1.29 is 33.3 Å². The van der Waals surface area contributed by atoms with Gasteiger partial charge in [0, 0.05) is 17.1 Å². The lowest BCUT2D eigenvalue weighted by atomic mass is 10.1. The van der Waals surface area contributed by atoms with Crippen molar-refractivity contribution in [3.8, 4) is 22.9 Å². The van der Waals surface area contributed by atoms with E-state index in [1.165, 1.54) is 12.3 Å². The molecule has 1 amide bonds. The lowest BCUT2D eigenvalue weighted by Gasteiger charge is -2.13. The molecule has 5 rings (SSSR count). The standard InChI is InChI=1S/C35H33N3O7/c1-4-42-33-19-25(10-16-31(33)44-21-26-6-5-7-27(18-26)35(40)41)20-36-37-34(39)32-17-15-30(45-32)22-43-29-13-11-28(12-14-29)38-23(2)8-9-24(38)3/h5-20H,4,21-22H2,1-3H3,(H,37,39)(H,40,41)/b36-20+. The average Bonchev–Trinajstić information content (AvgIpc) is 3.66. The van der Waals surface area contributed by atoms with Crippen LogP contribution in [0.2, 0.25) is 0 Å². The summed E-state index contributed by atoms with van der Waals surface area (Å²) in [7, 11) is 0. The molecule has 45 heavy (non-hydrogen) atoms. The number of aryl methyl sites for hydroxylation is 2. The zero-order chi connectivity index (χ0) is 31.8. The molecule has 0 aliphatic carbocycles. The highest BCUT2D eigenvalue weighted by Crippen LogP contribution is 2.29. The van der Waals surface area contributed by atoms with Crippen molar-refractivity contribution in [1.82, 2.24) is 9.99 Å². The number of furan rings is 1. The van der Waals surface area contributed by atoms with Crippen molar-refractivity contribution in [2.45, 2.75) is 34.0 Å². The van der Waals surface area contributed by atoms with E-state index in [-0.39, 0.29) is 24.5 Å². The first kappa shape index (κ1) is 30.7. The van der Waals surface area contributed by atoms with Gasteiger partial charge in [0.05, 0.1) is 18.4 Å². The van der Waals surface area contributed by atoms with Crippen LogP contribution in [-0.4, -0.2) is 34.4 Å². The van der Waals surface area contributed by atoms with E-state index in [1.807, 2.05) is 31.2 Å². The Kier molecular flexibility index (Phi) is 9.64. The van der Waals surface area contributed by atoms with Crippen molar-refractivity contribution in [3.05, 3.63) is 131 Å². The lowest BCUT2D eigenvalue weighted by molar-refractivity contribution is 0.0696. The number of carboxylic acid groups (broad SMARTS) is 1. The molecule has 0 aliphatic heterocycles. The second-order valence-corrected chi connectivity index (χ2v) is 10.1. The first-order chi connectivity index (χ1) is 21.8. The molecule has 0 unspecified atom stereocenters. The summed E-state index contributed by atoms with van der Waals surface area (Å²) in [6.45, 7) is 6.72. The molecule has 0 aliphatic rings. The van der Waals surface area contributed by atoms with Crippen molar-refractivity contribution in [3.63, 3.8) is 0 Å². The molecule has 0 fully saturated rings. The Morgan fingerprint density at radius 1 is 0.867 bits per heavy atom. The van der Waals surface area contributed by atoms with Gasteiger partial charge in [-0.2, -0.15) is 5.10 Å². The van der Waals surface area contributed by atoms with Crippen molar-refractivity contribution >= 4 is 18.1 Å². The fourth-order valence-electron chi connectivity index (χ4n) is 4.67. The summed E-state index contributed by atoms with van der Waals surface area (Å²) in [5, 5.41) is 13.2. The number of aromatic nitrogens is 1. The van der Waals surface area contributed by atoms with Crippen LogP contribution in [0, 0.1) is 13.8 Å². The van der Waals surface area contributed by atoms with Crippen LogP contribution in [0.1, 0.15) is 56.1 Å². The number of ether oxygens (including phenoxy) is 3. The molecular formula is C35H33N3O7. The monoisotopic (exact) mass is 607 g/mol. The van der Waals surface area contributed by atoms with Gasteiger partial charge in [0.1, 0.15) is 24.7 Å². The summed E-state index contributed by atoms with van der Waals surface area (Å²) in [6.07, 6.45) is 1.48. The van der Waals surface area contributed by atoms with Gasteiger partial charge in [0.2, 0.25) is 0 Å². The summed E-state index contributed by atoms with van der Waals surface area (Å²) < 4.78 is 25.3. The highest BCUT2D eigenvalue weighted by atomic mass is 16.5. The number of carbonyl (C=O) groups excluding carboxylic acids is 1. The van der Waals surface area contributed by atoms with Gasteiger partial charge in [-0.1, -0.05) is 12.1 Å². The van der Waals surface area contributed by atoms with Crippen molar-refractivity contribution in [2.75, 3.05) is 6.61 Å². The maximum absolute atomic E-state index is 12.6. The molecule has 2 heterocycles. The Hall–Kier alpha value is -5.77. The number of hydrogen-bond donors (Lipinski definition) is 2. The second-order valence-electron chi connectivity index (χ2n) is 10.1. The third-order valence-electron chi connectivity index (χ3n) is 6.85. The number of carboxylic acids is 1. The topological polar surface area (TPSA) is 125 Å². The zero-order valence-electron chi connectivity index (χ0n) is 25.2. The smallest absolute Gasteiger partial charge is 0.335 e. The minimum absolute atomic E-state index is 0.102. The predicted octanol–water partition coefficient (Wildman–Crippen LogP) is 6.71. The van der Waals surface area contributed by atoms with E-state index in [2.05, 4.69) is 41.1 Å². The molecule has 10 nitrogen and oxygen atoms in total. The van der Waals surface area contributed by atoms with Crippen LogP contribution in [-0.2, 0) is 13.2 Å². The fraction of sp³-hybridized carbons (Fsp3) is 0.171. The molecule has 0 spiro atoms. The first-order valence-corrected chi connectivity index (χ1v) is 14.3. The third-order valence-corrected chi connectivity index (χ3v) is 6.85. The minimum atomic E-state index is -1.000. The summed E-state index contributed by atoms with van der Waals surface area (Å²) in [5.74, 6) is 0.757. The van der Waals surface area contributed by atoms with Crippen LogP contribution >= 0.6 is 0 Å². The summed E-state index contributed by atoms with van der Waals surface area (Å²) in [6, 6.07) is 27.0. The van der Waals surface area contributed by atoms with Gasteiger partial charge in [-0.05, 0) is 111 Å². The Labute approximate surface area is 260 Å². The Bertz CT molecular complexity index is 1800. The van der Waals surface area contributed by atoms with Gasteiger partial charge < -0.3 is 28.3 Å². The molecule has 0 radical (unpaired) electrons. The average molecular weight is 608 g/mol. The largest absolute Gasteiger partial charge is 0.490 e. The number of aromatic carboxylic acids is 1. The number of hydrogen-bond acceptors (Lipinski definition) is 7. The molecule has 2 N–H and O–H groups in total. The number of nitrogens with one attached hydrogen (secondary N) is 1. The van der Waals surface area contributed by atoms with Crippen molar-refractivity contribution in [1.29, 1.82) is 0 Å². The molecule has 0 bridgehead atoms. The fourth-order valence-corrected chi connectivity index (χ4v) is 4.67. The highest BCUT2D eigenvalue weighted by molar-refractivity contribution is 5.92. The molecular weight excluding hydrogens is 574 g/mol. The maximum atomic E-state index is 12.6. The SMILES string of the molecule is CCOc1cc(/C=N/NC(=O)c2ccc(COc3ccc(-n4c(C)ccc4C)cc3)o2)ccc1OCc1cccc(C(=O)O)c1. The normalized spacial score (nSPS) is 11.0. The number of rotatable bonds is 13. The zero-order valence-corrected chi connectivity index (χ0v) is 25.2. The molecule has 0 saturated carbocycles. The molecule has 3 aromatic carbocycles. The molecule has 230 valence electrons. The maximum Gasteiger partial charge on any atom is 0.335 e. The van der Waals surface area contributed by atoms with E-state index >= 15 is 0 Å². The molecule has 0 atom stereocenters. The van der Waals surface area contributed by atoms with Gasteiger partial charge >= 0.3 is 11.9 Å². The molecule has 10 heteroatoms. The highest BCUT2D eigenvalue weighted by Gasteiger charge is 2.12. The third kappa shape index (κ3) is 7.80. The number of hydrazone groups is 1. The Morgan fingerprint density at radius 3 is 2.38 bits per heavy atom.